The van der Waals surface area contributed by atoms with Crippen molar-refractivity contribution in [2.75, 3.05) is 7.11 Å². The van der Waals surface area contributed by atoms with E-state index in [4.69, 9.17) is 9.84 Å². The summed E-state index contributed by atoms with van der Waals surface area (Å²) in [5, 5.41) is 8.64. The predicted octanol–water partition coefficient (Wildman–Crippen LogP) is 1.28. The lowest BCUT2D eigenvalue weighted by Gasteiger charge is -2.14. The lowest BCUT2D eigenvalue weighted by Crippen LogP contribution is -2.25. The molecular weight excluding hydrogens is 144 g/mol. The molecule has 3 heteroatoms. The SMILES string of the molecule is COC(CC1(C)CC1)C(=O)O. The van der Waals surface area contributed by atoms with Gasteiger partial charge in [-0.05, 0) is 24.7 Å². The highest BCUT2D eigenvalue weighted by molar-refractivity contribution is 5.72. The quantitative estimate of drug-likeness (QED) is 0.670. The van der Waals surface area contributed by atoms with E-state index in [9.17, 15) is 4.79 Å². The number of rotatable bonds is 4. The van der Waals surface area contributed by atoms with E-state index in [1.807, 2.05) is 0 Å². The average Bonchev–Trinajstić information content (AvgIpc) is 2.64. The number of carboxylic acids is 1. The Morgan fingerprint density at radius 3 is 2.55 bits per heavy atom. The van der Waals surface area contributed by atoms with E-state index < -0.39 is 12.1 Å². The van der Waals surface area contributed by atoms with Gasteiger partial charge in [0, 0.05) is 7.11 Å². The third-order valence-electron chi connectivity index (χ3n) is 2.34. The van der Waals surface area contributed by atoms with Gasteiger partial charge in [-0.25, -0.2) is 4.79 Å². The first kappa shape index (κ1) is 8.53. The first-order valence-corrected chi connectivity index (χ1v) is 3.83. The zero-order valence-electron chi connectivity index (χ0n) is 6.96. The summed E-state index contributed by atoms with van der Waals surface area (Å²) >= 11 is 0. The van der Waals surface area contributed by atoms with Gasteiger partial charge in [0.15, 0.2) is 6.10 Å². The molecule has 0 aromatic rings. The van der Waals surface area contributed by atoms with Crippen LogP contribution in [-0.4, -0.2) is 24.3 Å². The Hall–Kier alpha value is -0.570. The van der Waals surface area contributed by atoms with Crippen LogP contribution in [0.1, 0.15) is 26.2 Å². The lowest BCUT2D eigenvalue weighted by molar-refractivity contribution is -0.149. The minimum atomic E-state index is -0.847. The molecule has 11 heavy (non-hydrogen) atoms. The van der Waals surface area contributed by atoms with Crippen molar-refractivity contribution in [2.24, 2.45) is 5.41 Å². The van der Waals surface area contributed by atoms with Gasteiger partial charge in [0.1, 0.15) is 0 Å². The Morgan fingerprint density at radius 2 is 2.27 bits per heavy atom. The molecule has 0 aromatic heterocycles. The van der Waals surface area contributed by atoms with Crippen molar-refractivity contribution in [1.82, 2.24) is 0 Å². The van der Waals surface area contributed by atoms with Crippen LogP contribution in [0.25, 0.3) is 0 Å². The molecule has 0 heterocycles. The number of hydrogen-bond donors (Lipinski definition) is 1. The molecule has 0 bridgehead atoms. The standard InChI is InChI=1S/C8H14O3/c1-8(3-4-8)5-6(11-2)7(9)10/h6H,3-5H2,1-2H3,(H,9,10). The first-order valence-electron chi connectivity index (χ1n) is 3.83. The summed E-state index contributed by atoms with van der Waals surface area (Å²) in [5.74, 6) is -0.847. The summed E-state index contributed by atoms with van der Waals surface area (Å²) in [4.78, 5) is 10.5. The maximum Gasteiger partial charge on any atom is 0.332 e. The Morgan fingerprint density at radius 1 is 1.73 bits per heavy atom. The number of methoxy groups -OCH3 is 1. The molecule has 0 aliphatic heterocycles. The first-order chi connectivity index (χ1) is 5.07. The van der Waals surface area contributed by atoms with E-state index >= 15 is 0 Å². The minimum Gasteiger partial charge on any atom is -0.479 e. The number of aliphatic carboxylic acids is 1. The maximum absolute atomic E-state index is 10.5. The fourth-order valence-corrected chi connectivity index (χ4v) is 1.14. The summed E-state index contributed by atoms with van der Waals surface area (Å²) < 4.78 is 4.83. The van der Waals surface area contributed by atoms with E-state index in [1.165, 1.54) is 7.11 Å². The molecule has 1 aliphatic rings. The third-order valence-corrected chi connectivity index (χ3v) is 2.34. The molecule has 1 N–H and O–H groups in total. The molecule has 1 saturated carbocycles. The largest absolute Gasteiger partial charge is 0.479 e. The Labute approximate surface area is 66.4 Å². The minimum absolute atomic E-state index is 0.249. The van der Waals surface area contributed by atoms with Crippen LogP contribution in [0.5, 0.6) is 0 Å². The zero-order valence-corrected chi connectivity index (χ0v) is 6.96. The van der Waals surface area contributed by atoms with E-state index in [0.717, 1.165) is 12.8 Å². The summed E-state index contributed by atoms with van der Waals surface area (Å²) in [6, 6.07) is 0. The van der Waals surface area contributed by atoms with E-state index in [-0.39, 0.29) is 5.41 Å². The van der Waals surface area contributed by atoms with Crippen molar-refractivity contribution >= 4 is 5.97 Å². The Bertz CT molecular complexity index is 161. The average molecular weight is 158 g/mol. The monoisotopic (exact) mass is 158 g/mol. The van der Waals surface area contributed by atoms with Gasteiger partial charge in [0.2, 0.25) is 0 Å². The Balaban J connectivity index is 2.37. The van der Waals surface area contributed by atoms with Crippen molar-refractivity contribution in [2.45, 2.75) is 32.3 Å². The number of ether oxygens (including phenoxy) is 1. The van der Waals surface area contributed by atoms with Gasteiger partial charge in [0.25, 0.3) is 0 Å². The van der Waals surface area contributed by atoms with Crippen LogP contribution in [-0.2, 0) is 9.53 Å². The van der Waals surface area contributed by atoms with Gasteiger partial charge in [-0.3, -0.25) is 0 Å². The van der Waals surface area contributed by atoms with Gasteiger partial charge in [-0.2, -0.15) is 0 Å². The number of carbonyl (C=O) groups is 1. The molecule has 0 spiro atoms. The fourth-order valence-electron chi connectivity index (χ4n) is 1.14. The zero-order chi connectivity index (χ0) is 8.48. The molecule has 0 radical (unpaired) electrons. The van der Waals surface area contributed by atoms with Gasteiger partial charge in [-0.1, -0.05) is 6.92 Å². The molecule has 0 amide bonds. The van der Waals surface area contributed by atoms with Crippen LogP contribution < -0.4 is 0 Å². The normalized spacial score (nSPS) is 22.7. The topological polar surface area (TPSA) is 46.5 Å². The summed E-state index contributed by atoms with van der Waals surface area (Å²) in [6.07, 6.45) is 2.32. The molecule has 1 fully saturated rings. The van der Waals surface area contributed by atoms with Crippen molar-refractivity contribution in [1.29, 1.82) is 0 Å². The predicted molar refractivity (Wildman–Crippen MR) is 40.4 cm³/mol. The van der Waals surface area contributed by atoms with Crippen molar-refractivity contribution in [3.05, 3.63) is 0 Å². The molecule has 1 atom stereocenters. The van der Waals surface area contributed by atoms with E-state index in [2.05, 4.69) is 6.92 Å². The Kier molecular flexibility index (Phi) is 2.18. The van der Waals surface area contributed by atoms with Crippen molar-refractivity contribution in [3.8, 4) is 0 Å². The molecule has 0 aromatic carbocycles. The van der Waals surface area contributed by atoms with Crippen LogP contribution >= 0.6 is 0 Å². The van der Waals surface area contributed by atoms with Gasteiger partial charge < -0.3 is 9.84 Å². The van der Waals surface area contributed by atoms with Crippen LogP contribution in [0.15, 0.2) is 0 Å². The summed E-state index contributed by atoms with van der Waals surface area (Å²) in [5.41, 5.74) is 0.249. The van der Waals surface area contributed by atoms with Gasteiger partial charge in [-0.15, -0.1) is 0 Å². The lowest BCUT2D eigenvalue weighted by atomic mass is 10.0. The van der Waals surface area contributed by atoms with Gasteiger partial charge in [0.05, 0.1) is 0 Å². The summed E-state index contributed by atoms with van der Waals surface area (Å²) in [7, 11) is 1.45. The highest BCUT2D eigenvalue weighted by Crippen LogP contribution is 2.49. The smallest absolute Gasteiger partial charge is 0.332 e. The number of carboxylic acid groups (broad SMARTS) is 1. The van der Waals surface area contributed by atoms with Crippen LogP contribution in [0.2, 0.25) is 0 Å². The molecule has 3 nitrogen and oxygen atoms in total. The van der Waals surface area contributed by atoms with Crippen LogP contribution in [0.4, 0.5) is 0 Å². The number of hydrogen-bond acceptors (Lipinski definition) is 2. The van der Waals surface area contributed by atoms with Crippen LogP contribution in [0, 0.1) is 5.41 Å². The fraction of sp³-hybridized carbons (Fsp3) is 0.875. The highest BCUT2D eigenvalue weighted by atomic mass is 16.5. The second kappa shape index (κ2) is 2.81. The molecule has 1 rings (SSSR count). The van der Waals surface area contributed by atoms with E-state index in [0.29, 0.717) is 6.42 Å². The van der Waals surface area contributed by atoms with E-state index in [1.54, 1.807) is 0 Å². The second-order valence-electron chi connectivity index (χ2n) is 3.58. The second-order valence-corrected chi connectivity index (χ2v) is 3.58. The molecule has 1 aliphatic carbocycles. The van der Waals surface area contributed by atoms with Crippen LogP contribution in [0.3, 0.4) is 0 Å². The molecule has 0 saturated heterocycles. The third kappa shape index (κ3) is 2.19. The van der Waals surface area contributed by atoms with Gasteiger partial charge >= 0.3 is 5.97 Å². The highest BCUT2D eigenvalue weighted by Gasteiger charge is 2.41. The maximum atomic E-state index is 10.5. The van der Waals surface area contributed by atoms with Crippen molar-refractivity contribution < 1.29 is 14.6 Å². The summed E-state index contributed by atoms with van der Waals surface area (Å²) in [6.45, 7) is 2.10. The molecule has 1 unspecified atom stereocenters. The molecular formula is C8H14O3. The van der Waals surface area contributed by atoms with Crippen molar-refractivity contribution in [3.63, 3.8) is 0 Å². The molecule has 64 valence electrons.